The van der Waals surface area contributed by atoms with Crippen LogP contribution in [0.2, 0.25) is 0 Å². The standard InChI is InChI=1S/C14H21NO3S/c1-15(13-8-10-19(16,17)11-13)9-7-12-3-5-14(18-2)6-4-12/h3-6,13H,7-11H2,1-2H3. The minimum Gasteiger partial charge on any atom is -0.497 e. The lowest BCUT2D eigenvalue weighted by molar-refractivity contribution is 0.265. The SMILES string of the molecule is COc1ccc(CCN(C)C2CCS(=O)(=O)C2)cc1. The summed E-state index contributed by atoms with van der Waals surface area (Å²) in [6.45, 7) is 0.881. The summed E-state index contributed by atoms with van der Waals surface area (Å²) < 4.78 is 28.0. The molecule has 1 fully saturated rings. The normalized spacial score (nSPS) is 21.7. The van der Waals surface area contributed by atoms with E-state index in [0.29, 0.717) is 11.5 Å². The van der Waals surface area contributed by atoms with Crippen LogP contribution in [0.25, 0.3) is 0 Å². The fourth-order valence-electron chi connectivity index (χ4n) is 2.40. The highest BCUT2D eigenvalue weighted by molar-refractivity contribution is 7.91. The Morgan fingerprint density at radius 2 is 2.00 bits per heavy atom. The van der Waals surface area contributed by atoms with Gasteiger partial charge < -0.3 is 9.64 Å². The smallest absolute Gasteiger partial charge is 0.151 e. The number of methoxy groups -OCH3 is 1. The lowest BCUT2D eigenvalue weighted by Gasteiger charge is -2.22. The van der Waals surface area contributed by atoms with E-state index in [9.17, 15) is 8.42 Å². The Morgan fingerprint density at radius 1 is 1.32 bits per heavy atom. The molecule has 1 heterocycles. The monoisotopic (exact) mass is 283 g/mol. The van der Waals surface area contributed by atoms with Gasteiger partial charge in [-0.25, -0.2) is 8.42 Å². The number of hydrogen-bond donors (Lipinski definition) is 0. The van der Waals surface area contributed by atoms with E-state index in [0.717, 1.165) is 25.1 Å². The minimum atomic E-state index is -2.79. The molecule has 0 bridgehead atoms. The van der Waals surface area contributed by atoms with Crippen molar-refractivity contribution in [2.24, 2.45) is 0 Å². The molecule has 0 spiro atoms. The number of benzene rings is 1. The second-order valence-electron chi connectivity index (χ2n) is 5.14. The molecule has 0 amide bonds. The van der Waals surface area contributed by atoms with Crippen molar-refractivity contribution in [2.75, 3.05) is 32.2 Å². The Hall–Kier alpha value is -1.07. The molecule has 1 aromatic carbocycles. The first-order valence-electron chi connectivity index (χ1n) is 6.54. The zero-order valence-electron chi connectivity index (χ0n) is 11.5. The molecule has 2 rings (SSSR count). The van der Waals surface area contributed by atoms with Crippen LogP contribution < -0.4 is 4.74 Å². The average molecular weight is 283 g/mol. The Labute approximate surface area is 115 Å². The van der Waals surface area contributed by atoms with Crippen molar-refractivity contribution in [3.05, 3.63) is 29.8 Å². The zero-order chi connectivity index (χ0) is 13.9. The van der Waals surface area contributed by atoms with E-state index in [1.807, 2.05) is 19.2 Å². The Bertz CT molecular complexity index is 510. The third-order valence-electron chi connectivity index (χ3n) is 3.74. The van der Waals surface area contributed by atoms with Crippen LogP contribution in [0.1, 0.15) is 12.0 Å². The van der Waals surface area contributed by atoms with Crippen LogP contribution in [0.5, 0.6) is 5.75 Å². The van der Waals surface area contributed by atoms with Crippen molar-refractivity contribution in [2.45, 2.75) is 18.9 Å². The summed E-state index contributed by atoms with van der Waals surface area (Å²) in [5, 5.41) is 0. The summed E-state index contributed by atoms with van der Waals surface area (Å²) in [5.41, 5.74) is 1.24. The first-order chi connectivity index (χ1) is 9.00. The predicted molar refractivity (Wildman–Crippen MR) is 76.4 cm³/mol. The molecule has 1 aliphatic rings. The molecular weight excluding hydrogens is 262 g/mol. The number of rotatable bonds is 5. The fourth-order valence-corrected chi connectivity index (χ4v) is 4.21. The molecule has 0 aliphatic carbocycles. The zero-order valence-corrected chi connectivity index (χ0v) is 12.3. The molecule has 0 N–H and O–H groups in total. The molecule has 1 aromatic rings. The third kappa shape index (κ3) is 3.94. The first kappa shape index (κ1) is 14.3. The van der Waals surface area contributed by atoms with Crippen molar-refractivity contribution >= 4 is 9.84 Å². The summed E-state index contributed by atoms with van der Waals surface area (Å²) in [7, 11) is 0.874. The Morgan fingerprint density at radius 3 is 2.53 bits per heavy atom. The van der Waals surface area contributed by atoms with Crippen LogP contribution in [0.15, 0.2) is 24.3 Å². The van der Waals surface area contributed by atoms with Gasteiger partial charge in [-0.3, -0.25) is 0 Å². The van der Waals surface area contributed by atoms with Gasteiger partial charge in [-0.1, -0.05) is 12.1 Å². The molecule has 4 nitrogen and oxygen atoms in total. The number of likely N-dealkylation sites (N-methyl/N-ethyl adjacent to an activating group) is 1. The second-order valence-corrected chi connectivity index (χ2v) is 7.36. The maximum absolute atomic E-state index is 11.4. The topological polar surface area (TPSA) is 46.6 Å². The van der Waals surface area contributed by atoms with E-state index < -0.39 is 9.84 Å². The molecule has 106 valence electrons. The molecule has 0 saturated carbocycles. The van der Waals surface area contributed by atoms with Crippen LogP contribution in [-0.2, 0) is 16.3 Å². The predicted octanol–water partition coefficient (Wildman–Crippen LogP) is 1.36. The van der Waals surface area contributed by atoms with Gasteiger partial charge in [0, 0.05) is 12.6 Å². The molecular formula is C14H21NO3S. The molecule has 1 unspecified atom stereocenters. The van der Waals surface area contributed by atoms with Gasteiger partial charge in [0.15, 0.2) is 9.84 Å². The van der Waals surface area contributed by atoms with Gasteiger partial charge >= 0.3 is 0 Å². The van der Waals surface area contributed by atoms with Gasteiger partial charge in [-0.2, -0.15) is 0 Å². The summed E-state index contributed by atoms with van der Waals surface area (Å²) in [6, 6.07) is 8.20. The van der Waals surface area contributed by atoms with Gasteiger partial charge in [0.25, 0.3) is 0 Å². The number of hydrogen-bond acceptors (Lipinski definition) is 4. The van der Waals surface area contributed by atoms with Gasteiger partial charge in [0.1, 0.15) is 5.75 Å². The molecule has 0 radical (unpaired) electrons. The largest absolute Gasteiger partial charge is 0.497 e. The minimum absolute atomic E-state index is 0.184. The Balaban J connectivity index is 1.84. The van der Waals surface area contributed by atoms with E-state index in [-0.39, 0.29) is 6.04 Å². The summed E-state index contributed by atoms with van der Waals surface area (Å²) in [5.74, 6) is 1.51. The third-order valence-corrected chi connectivity index (χ3v) is 5.49. The summed E-state index contributed by atoms with van der Waals surface area (Å²) in [6.07, 6.45) is 1.69. The van der Waals surface area contributed by atoms with Gasteiger partial charge in [-0.05, 0) is 37.6 Å². The quantitative estimate of drug-likeness (QED) is 0.818. The highest BCUT2D eigenvalue weighted by Crippen LogP contribution is 2.17. The summed E-state index contributed by atoms with van der Waals surface area (Å²) >= 11 is 0. The van der Waals surface area contributed by atoms with E-state index in [1.165, 1.54) is 5.56 Å². The highest BCUT2D eigenvalue weighted by atomic mass is 32.2. The highest BCUT2D eigenvalue weighted by Gasteiger charge is 2.30. The first-order valence-corrected chi connectivity index (χ1v) is 8.36. The van der Waals surface area contributed by atoms with Gasteiger partial charge in [0.05, 0.1) is 18.6 Å². The van der Waals surface area contributed by atoms with Crippen LogP contribution >= 0.6 is 0 Å². The number of nitrogens with zero attached hydrogens (tertiary/aromatic N) is 1. The van der Waals surface area contributed by atoms with Crippen LogP contribution in [0.3, 0.4) is 0 Å². The van der Waals surface area contributed by atoms with Crippen LogP contribution in [0.4, 0.5) is 0 Å². The fraction of sp³-hybridized carbons (Fsp3) is 0.571. The van der Waals surface area contributed by atoms with Gasteiger partial charge in [0.2, 0.25) is 0 Å². The second kappa shape index (κ2) is 5.92. The summed E-state index contributed by atoms with van der Waals surface area (Å²) in [4.78, 5) is 2.16. The van der Waals surface area contributed by atoms with E-state index in [2.05, 4.69) is 17.0 Å². The van der Waals surface area contributed by atoms with E-state index in [1.54, 1.807) is 7.11 Å². The molecule has 1 saturated heterocycles. The van der Waals surface area contributed by atoms with Crippen LogP contribution in [-0.4, -0.2) is 51.6 Å². The molecule has 19 heavy (non-hydrogen) atoms. The number of ether oxygens (including phenoxy) is 1. The molecule has 1 atom stereocenters. The maximum Gasteiger partial charge on any atom is 0.151 e. The molecule has 5 heteroatoms. The van der Waals surface area contributed by atoms with E-state index in [4.69, 9.17) is 4.74 Å². The van der Waals surface area contributed by atoms with Crippen molar-refractivity contribution in [1.82, 2.24) is 4.90 Å². The lowest BCUT2D eigenvalue weighted by atomic mass is 10.1. The van der Waals surface area contributed by atoms with Crippen molar-refractivity contribution < 1.29 is 13.2 Å². The van der Waals surface area contributed by atoms with E-state index >= 15 is 0 Å². The van der Waals surface area contributed by atoms with Crippen molar-refractivity contribution in [3.63, 3.8) is 0 Å². The Kier molecular flexibility index (Phi) is 4.47. The number of sulfone groups is 1. The van der Waals surface area contributed by atoms with Crippen LogP contribution in [0, 0.1) is 0 Å². The van der Waals surface area contributed by atoms with Crippen molar-refractivity contribution in [3.8, 4) is 5.75 Å². The average Bonchev–Trinajstić information content (AvgIpc) is 2.77. The molecule has 0 aromatic heterocycles. The lowest BCUT2D eigenvalue weighted by Crippen LogP contribution is -2.34. The maximum atomic E-state index is 11.4. The molecule has 1 aliphatic heterocycles. The van der Waals surface area contributed by atoms with Gasteiger partial charge in [-0.15, -0.1) is 0 Å². The van der Waals surface area contributed by atoms with Crippen molar-refractivity contribution in [1.29, 1.82) is 0 Å².